The van der Waals surface area contributed by atoms with Crippen molar-refractivity contribution in [3.63, 3.8) is 0 Å². The second-order valence-electron chi connectivity index (χ2n) is 5.93. The van der Waals surface area contributed by atoms with Gasteiger partial charge in [0.1, 0.15) is 11.6 Å². The van der Waals surface area contributed by atoms with Crippen LogP contribution in [0.3, 0.4) is 0 Å². The van der Waals surface area contributed by atoms with Gasteiger partial charge < -0.3 is 9.47 Å². The van der Waals surface area contributed by atoms with E-state index in [1.165, 1.54) is 6.07 Å². The third kappa shape index (κ3) is 3.42. The molecule has 0 aliphatic carbocycles. The van der Waals surface area contributed by atoms with Crippen LogP contribution in [0.4, 0.5) is 10.1 Å². The van der Waals surface area contributed by atoms with Crippen molar-refractivity contribution in [3.05, 3.63) is 53.3 Å². The number of hydrogen-bond acceptors (Lipinski definition) is 4. The number of rotatable bonds is 5. The zero-order valence-corrected chi connectivity index (χ0v) is 14.7. The van der Waals surface area contributed by atoms with E-state index in [1.807, 2.05) is 34.4 Å². The van der Waals surface area contributed by atoms with Crippen LogP contribution in [0.1, 0.15) is 5.82 Å². The fourth-order valence-electron chi connectivity index (χ4n) is 3.01. The van der Waals surface area contributed by atoms with Crippen molar-refractivity contribution in [2.24, 2.45) is 0 Å². The van der Waals surface area contributed by atoms with Crippen molar-refractivity contribution < 1.29 is 4.39 Å². The standard InChI is InChI=1S/C17H22FN5S/c1-3-8-22-14(2)19-23(17(22)24)13-20-9-11-21(12-10-20)16-7-5-4-6-15(16)18/h3-7H,1,8-13H2,2H3. The molecule has 2 aromatic rings. The fourth-order valence-corrected chi connectivity index (χ4v) is 3.31. The lowest BCUT2D eigenvalue weighted by molar-refractivity contribution is 0.193. The number of piperazine rings is 1. The third-order valence-electron chi connectivity index (χ3n) is 4.32. The summed E-state index contributed by atoms with van der Waals surface area (Å²) in [6, 6.07) is 6.94. The van der Waals surface area contributed by atoms with Crippen LogP contribution < -0.4 is 4.90 Å². The molecule has 1 aromatic carbocycles. The second-order valence-corrected chi connectivity index (χ2v) is 6.29. The molecule has 3 rings (SSSR count). The van der Waals surface area contributed by atoms with Crippen molar-refractivity contribution in [2.75, 3.05) is 31.1 Å². The number of benzene rings is 1. The second kappa shape index (κ2) is 7.27. The van der Waals surface area contributed by atoms with Crippen molar-refractivity contribution in [1.82, 2.24) is 19.2 Å². The quantitative estimate of drug-likeness (QED) is 0.614. The number of allylic oxidation sites excluding steroid dienone is 1. The van der Waals surface area contributed by atoms with Gasteiger partial charge in [-0.2, -0.15) is 5.10 Å². The van der Waals surface area contributed by atoms with Gasteiger partial charge in [-0.15, -0.1) is 6.58 Å². The lowest BCUT2D eigenvalue weighted by Crippen LogP contribution is -2.47. The van der Waals surface area contributed by atoms with Gasteiger partial charge in [0, 0.05) is 32.7 Å². The molecule has 7 heteroatoms. The number of aryl methyl sites for hydroxylation is 1. The minimum absolute atomic E-state index is 0.160. The molecular weight excluding hydrogens is 325 g/mol. The summed E-state index contributed by atoms with van der Waals surface area (Å²) in [5.74, 6) is 0.733. The average Bonchev–Trinajstić information content (AvgIpc) is 2.84. The fraction of sp³-hybridized carbons (Fsp3) is 0.412. The molecule has 5 nitrogen and oxygen atoms in total. The molecule has 0 saturated carbocycles. The Labute approximate surface area is 146 Å². The van der Waals surface area contributed by atoms with Gasteiger partial charge in [0.25, 0.3) is 0 Å². The number of anilines is 1. The maximum absolute atomic E-state index is 13.9. The van der Waals surface area contributed by atoms with Gasteiger partial charge in [-0.25, -0.2) is 9.07 Å². The molecule has 0 unspecified atom stereocenters. The summed E-state index contributed by atoms with van der Waals surface area (Å²) in [4.78, 5) is 4.38. The SMILES string of the molecule is C=CCn1c(C)nn(CN2CCN(c3ccccc3F)CC2)c1=S. The monoisotopic (exact) mass is 347 g/mol. The van der Waals surface area contributed by atoms with Crippen LogP contribution >= 0.6 is 12.2 Å². The lowest BCUT2D eigenvalue weighted by Gasteiger charge is -2.35. The van der Waals surface area contributed by atoms with Gasteiger partial charge in [-0.3, -0.25) is 4.90 Å². The van der Waals surface area contributed by atoms with E-state index >= 15 is 0 Å². The van der Waals surface area contributed by atoms with Crippen LogP contribution in [0, 0.1) is 17.5 Å². The summed E-state index contributed by atoms with van der Waals surface area (Å²) in [7, 11) is 0. The molecule has 0 atom stereocenters. The number of halogens is 1. The first-order valence-corrected chi connectivity index (χ1v) is 8.48. The molecule has 1 aliphatic rings. The first kappa shape index (κ1) is 16.9. The summed E-state index contributed by atoms with van der Waals surface area (Å²) in [5.41, 5.74) is 0.680. The highest BCUT2D eigenvalue weighted by Crippen LogP contribution is 2.20. The molecule has 128 valence electrons. The van der Waals surface area contributed by atoms with Crippen LogP contribution in [0.2, 0.25) is 0 Å². The van der Waals surface area contributed by atoms with Gasteiger partial charge in [-0.1, -0.05) is 18.2 Å². The van der Waals surface area contributed by atoms with Crippen LogP contribution in [-0.4, -0.2) is 45.4 Å². The highest BCUT2D eigenvalue weighted by atomic mass is 32.1. The zero-order chi connectivity index (χ0) is 17.1. The van der Waals surface area contributed by atoms with Gasteiger partial charge in [0.2, 0.25) is 0 Å². The largest absolute Gasteiger partial charge is 0.367 e. The molecule has 0 radical (unpaired) electrons. The van der Waals surface area contributed by atoms with E-state index in [2.05, 4.69) is 21.5 Å². The molecule has 1 aromatic heterocycles. The number of nitrogens with zero attached hydrogens (tertiary/aromatic N) is 5. The minimum Gasteiger partial charge on any atom is -0.367 e. The maximum atomic E-state index is 13.9. The van der Waals surface area contributed by atoms with Gasteiger partial charge >= 0.3 is 0 Å². The van der Waals surface area contributed by atoms with Crippen molar-refractivity contribution in [1.29, 1.82) is 0 Å². The summed E-state index contributed by atoms with van der Waals surface area (Å²) < 4.78 is 18.4. The van der Waals surface area contributed by atoms with Gasteiger partial charge in [-0.05, 0) is 31.3 Å². The maximum Gasteiger partial charge on any atom is 0.199 e. The number of para-hydroxylation sites is 1. The minimum atomic E-state index is -0.160. The first-order chi connectivity index (χ1) is 11.6. The Morgan fingerprint density at radius 2 is 1.96 bits per heavy atom. The molecule has 24 heavy (non-hydrogen) atoms. The number of hydrogen-bond donors (Lipinski definition) is 0. The van der Waals surface area contributed by atoms with E-state index in [9.17, 15) is 4.39 Å². The van der Waals surface area contributed by atoms with Gasteiger partial charge in [0.05, 0.1) is 12.4 Å². The molecule has 0 N–H and O–H groups in total. The van der Waals surface area contributed by atoms with E-state index < -0.39 is 0 Å². The Morgan fingerprint density at radius 3 is 2.62 bits per heavy atom. The summed E-state index contributed by atoms with van der Waals surface area (Å²) >= 11 is 5.49. The summed E-state index contributed by atoms with van der Waals surface area (Å²) in [5, 5.41) is 4.53. The molecule has 0 spiro atoms. The van der Waals surface area contributed by atoms with Crippen LogP contribution in [0.25, 0.3) is 0 Å². The van der Waals surface area contributed by atoms with Crippen LogP contribution in [-0.2, 0) is 13.2 Å². The normalized spacial score (nSPS) is 15.7. The predicted molar refractivity (Wildman–Crippen MR) is 96.2 cm³/mol. The Balaban J connectivity index is 1.64. The van der Waals surface area contributed by atoms with Gasteiger partial charge in [0.15, 0.2) is 4.77 Å². The molecule has 1 fully saturated rings. The van der Waals surface area contributed by atoms with E-state index in [4.69, 9.17) is 12.2 Å². The summed E-state index contributed by atoms with van der Waals surface area (Å²) in [6.07, 6.45) is 1.82. The predicted octanol–water partition coefficient (Wildman–Crippen LogP) is 2.83. The topological polar surface area (TPSA) is 29.2 Å². The number of aromatic nitrogens is 3. The van der Waals surface area contributed by atoms with E-state index in [1.54, 1.807) is 6.07 Å². The van der Waals surface area contributed by atoms with Crippen molar-refractivity contribution >= 4 is 17.9 Å². The highest BCUT2D eigenvalue weighted by Gasteiger charge is 2.20. The summed E-state index contributed by atoms with van der Waals surface area (Å²) in [6.45, 7) is 10.3. The van der Waals surface area contributed by atoms with Crippen LogP contribution in [0.5, 0.6) is 0 Å². The highest BCUT2D eigenvalue weighted by molar-refractivity contribution is 7.71. The van der Waals surface area contributed by atoms with Crippen LogP contribution in [0.15, 0.2) is 36.9 Å². The molecule has 2 heterocycles. The molecular formula is C17H22FN5S. The molecule has 0 bridgehead atoms. The first-order valence-electron chi connectivity index (χ1n) is 8.07. The van der Waals surface area contributed by atoms with E-state index in [0.717, 1.165) is 32.0 Å². The molecule has 0 amide bonds. The average molecular weight is 347 g/mol. The van der Waals surface area contributed by atoms with Crippen molar-refractivity contribution in [3.8, 4) is 0 Å². The lowest BCUT2D eigenvalue weighted by atomic mass is 10.2. The zero-order valence-electron chi connectivity index (χ0n) is 13.9. The third-order valence-corrected chi connectivity index (χ3v) is 4.75. The van der Waals surface area contributed by atoms with E-state index in [-0.39, 0.29) is 5.82 Å². The Bertz CT molecular complexity index is 774. The molecule has 1 aliphatic heterocycles. The Morgan fingerprint density at radius 1 is 1.25 bits per heavy atom. The van der Waals surface area contributed by atoms with E-state index in [0.29, 0.717) is 23.7 Å². The Hall–Kier alpha value is -1.99. The van der Waals surface area contributed by atoms with Crippen molar-refractivity contribution in [2.45, 2.75) is 20.1 Å². The smallest absolute Gasteiger partial charge is 0.199 e. The molecule has 1 saturated heterocycles. The Kier molecular flexibility index (Phi) is 5.11.